The van der Waals surface area contributed by atoms with Crippen molar-refractivity contribution in [3.63, 3.8) is 0 Å². The van der Waals surface area contributed by atoms with Crippen molar-refractivity contribution < 1.29 is 130 Å². The van der Waals surface area contributed by atoms with Crippen LogP contribution in [-0.2, 0) is 184 Å². The zero-order chi connectivity index (χ0) is 105. The zero-order valence-electron chi connectivity index (χ0n) is 76.2. The molecule has 0 amide bonds. The molecule has 9 aromatic heterocycles. The molecule has 16 rings (SSSR count). The monoisotopic (exact) mass is 2300 g/mol. The van der Waals surface area contributed by atoms with Gasteiger partial charge < -0.3 is 155 Å². The lowest BCUT2D eigenvalue weighted by atomic mass is 10.1. The Balaban J connectivity index is 0.611. The minimum atomic E-state index is -5.09. The fraction of sp³-hybridized carbons (Fsp3) is 0.583. The molecular weight excluding hydrogens is 2210 g/mol. The van der Waals surface area contributed by atoms with E-state index in [0.29, 0.717) is 5.56 Å². The summed E-state index contributed by atoms with van der Waals surface area (Å²) >= 11 is 37.9. The first kappa shape index (κ1) is 111. The van der Waals surface area contributed by atoms with Crippen LogP contribution in [0.4, 0.5) is 17.6 Å². The maximum atomic E-state index is 15.0. The van der Waals surface area contributed by atoms with Crippen LogP contribution in [0, 0.1) is 34.6 Å². The van der Waals surface area contributed by atoms with E-state index in [0.717, 1.165) is 61.2 Å². The van der Waals surface area contributed by atoms with Gasteiger partial charge in [-0.1, -0.05) is 77.8 Å². The third kappa shape index (κ3) is 26.3. The number of aryl methyl sites for hydroxylation is 5. The third-order valence-corrected chi connectivity index (χ3v) is 35.0. The highest BCUT2D eigenvalue weighted by Gasteiger charge is 2.49. The Bertz CT molecular complexity index is 7460. The highest BCUT2D eigenvalue weighted by molar-refractivity contribution is 8.32. The van der Waals surface area contributed by atoms with E-state index in [2.05, 4.69) is 54.8 Å². The Morgan fingerprint density at radius 1 is 0.366 bits per heavy atom. The minimum Gasteiger partial charge on any atom is -0.780 e. The van der Waals surface area contributed by atoms with E-state index < -0.39 is 298 Å². The van der Waals surface area contributed by atoms with Crippen molar-refractivity contribution in [2.75, 3.05) is 64.0 Å². The quantitative estimate of drug-likeness (QED) is 0.0138. The van der Waals surface area contributed by atoms with Crippen LogP contribution in [0.15, 0.2) is 97.9 Å². The molecule has 794 valence electrons. The summed E-state index contributed by atoms with van der Waals surface area (Å²) in [6.45, 7) is -30.2. The molecule has 7 fully saturated rings. The number of nitrogen functional groups attached to an aromatic ring is 3. The van der Waals surface area contributed by atoms with Crippen molar-refractivity contribution >= 4 is 170 Å². The molecule has 9 aromatic rings. The number of anilines is 3. The largest absolute Gasteiger partial charge is 0.780 e. The van der Waals surface area contributed by atoms with E-state index in [1.54, 1.807) is 13.8 Å². The van der Waals surface area contributed by atoms with Gasteiger partial charge in [-0.15, -0.1) is 0 Å². The number of hydrogen-bond donors (Lipinski definition) is 8. The van der Waals surface area contributed by atoms with Gasteiger partial charge in [0.1, 0.15) is 138 Å². The Kier molecular flexibility index (Phi) is 34.1. The Morgan fingerprint density at radius 3 is 1.00 bits per heavy atom. The van der Waals surface area contributed by atoms with Crippen LogP contribution in [-0.4, -0.2) is 219 Å². The second-order valence-corrected chi connectivity index (χ2v) is 52.9. The molecular formula is C72H89N21O38P7S7-7. The molecule has 0 saturated carbocycles. The highest BCUT2D eigenvalue weighted by Crippen LogP contribution is 2.57. The van der Waals surface area contributed by atoms with Gasteiger partial charge in [0.15, 0.2) is 29.4 Å². The lowest BCUT2D eigenvalue weighted by Crippen LogP contribution is -2.34. The molecule has 7 aliphatic rings. The summed E-state index contributed by atoms with van der Waals surface area (Å²) in [5.41, 5.74) is 10.1. The van der Waals surface area contributed by atoms with Crippen LogP contribution in [0.3, 0.4) is 0 Å². The number of rotatable bonds is 41. The van der Waals surface area contributed by atoms with Crippen LogP contribution in [0.25, 0.3) is 22.3 Å². The van der Waals surface area contributed by atoms with Gasteiger partial charge in [0.25, 0.3) is 27.8 Å². The first-order valence-electron chi connectivity index (χ1n) is 43.4. The number of hydrogen-bond acceptors (Lipinski definition) is 54. The molecule has 0 bridgehead atoms. The molecule has 7 saturated heterocycles. The van der Waals surface area contributed by atoms with Gasteiger partial charge in [-0.05, 0) is 41.0 Å². The second-order valence-electron chi connectivity index (χ2n) is 33.8. The van der Waals surface area contributed by atoms with Crippen LogP contribution >= 0.6 is 47.1 Å². The summed E-state index contributed by atoms with van der Waals surface area (Å²) in [6.07, 6.45) is -21.9. The number of nitrogens with one attached hydrogen (secondary N) is 5. The smallest absolute Gasteiger partial charge is 0.351 e. The molecule has 0 aliphatic carbocycles. The molecule has 11 N–H and O–H groups in total. The van der Waals surface area contributed by atoms with E-state index in [9.17, 15) is 77.0 Å². The predicted molar refractivity (Wildman–Crippen MR) is 512 cm³/mol. The van der Waals surface area contributed by atoms with Crippen LogP contribution < -0.4 is 103 Å². The van der Waals surface area contributed by atoms with Gasteiger partial charge in [0.05, 0.1) is 101 Å². The average Bonchev–Trinajstić information content (AvgIpc) is 1.62. The SMILES string of the molecule is CC[C@H]1O[C@@H](n2cc(C)c(=O)[nH]c2=O)C[C@H]1OP([O-])(=S)OC[C@H]1O[C@@H](n2cc(C)c(=O)[nH]c2=O)C[C@H]1OP(=O)([S-])OC[C@H]1O[C@@H](n2cc(C)c(=O)[nH]c2=O)C[C@H]1OP([O-])(=S)OC[C@H]1O[C@@H](n2cc(C)c(=O)[nH]c2=O)C[C@H]1OP([O-])(=S)OC[C@H]1O[C@@H](n2cnc3c(=O)[nH]c(N)nc32)C[C@H]1OP([O-])(=S)OC[C@H]1O[C@@H](n2cnc3c(N)ncnc32)C[C@H]1OP([O-])(=S)OC[C@H]1O[C@@H](n2cc(C)c(N)nc2=O)C[C@H]1OP([O-])(=S)OC. The van der Waals surface area contributed by atoms with Crippen molar-refractivity contribution in [1.29, 1.82) is 0 Å². The van der Waals surface area contributed by atoms with Gasteiger partial charge in [-0.2, -0.15) is 9.97 Å². The van der Waals surface area contributed by atoms with E-state index in [4.69, 9.17) is 197 Å². The molecule has 0 radical (unpaired) electrons. The lowest BCUT2D eigenvalue weighted by Gasteiger charge is -2.36. The Morgan fingerprint density at radius 2 is 0.655 bits per heavy atom. The molecule has 59 nitrogen and oxygen atoms in total. The standard InChI is InChI=1S/C72H96N21O38P7S7/c1-8-35-36(9-49(118-35)88-17-31(3)62(94)83-69(88)100)126-133(105,140)112-22-44-38(11-51(120-44)89-18-32(4)63(95)84-70(89)101)127-134(106,141)114-23-45-39(12-52(121-45)90-19-33(5)64(96)85-71(90)102)128-135(107,142)115-24-46-40(13-53(122-46)91-20-34(6)65(97)86-72(91)103)129-136(108,143)117-26-48-42(15-55(124-48)93-29-79-57-61(93)81-67(75)82-66(57)98)131-138(110,145)116-25-47-41(14-54(123-47)92-28-78-56-59(74)76-27-77-60(56)92)130-137(109,144)113-21-43-37(125-132(104,139)111-7)10-50(119-43)87-16-30(2)58(73)80-68(87)99/h16-20,27-29,35-55H,8-15,21-26H2,1-7H3,(H,104,139)(H,105,140)(H,106,141)(H,107,142)(H,108,143)(H,109,144)(H,110,145)(H2,73,80,99)(H2,74,76,77)(H,83,94,100)(H,84,95,101)(H,85,96,102)(H,86,97,103)(H3,75,81,82,98)/p-7/t35-,36-,37-,38-,39-,40-,41-,42-,43-,44-,45-,46-,47-,48-,49-,50-,51-,52-,53-,54-,55-,132?,133?,134?,135?,136?,137?,138?/m1/s1. The second kappa shape index (κ2) is 44.5. The fourth-order valence-corrected chi connectivity index (χ4v) is 26.5. The summed E-state index contributed by atoms with van der Waals surface area (Å²) in [4.78, 5) is 252. The van der Waals surface area contributed by atoms with E-state index in [1.165, 1.54) is 55.6 Å². The maximum absolute atomic E-state index is 15.0. The van der Waals surface area contributed by atoms with E-state index >= 15 is 4.89 Å². The van der Waals surface area contributed by atoms with Crippen molar-refractivity contribution in [2.45, 2.75) is 222 Å². The van der Waals surface area contributed by atoms with Gasteiger partial charge >= 0.3 is 28.4 Å². The van der Waals surface area contributed by atoms with Crippen molar-refractivity contribution in [3.05, 3.63) is 182 Å². The number of aromatic amines is 5. The van der Waals surface area contributed by atoms with Gasteiger partial charge in [-0.25, -0.2) is 43.9 Å². The fourth-order valence-electron chi connectivity index (χ4n) is 16.7. The molecule has 28 atom stereocenters. The molecule has 73 heteroatoms. The summed E-state index contributed by atoms with van der Waals surface area (Å²) in [5, 5.41) is 0. The Hall–Kier alpha value is -6.70. The van der Waals surface area contributed by atoms with Gasteiger partial charge in [-0.3, -0.25) is 85.4 Å². The maximum Gasteiger partial charge on any atom is 0.351 e. The number of aromatic nitrogens is 18. The van der Waals surface area contributed by atoms with Crippen molar-refractivity contribution in [1.82, 2.24) is 86.8 Å². The molecule has 7 aliphatic heterocycles. The molecule has 145 heavy (non-hydrogen) atoms. The minimum absolute atomic E-state index is 0.00500. The molecule has 7 unspecified atom stereocenters. The Labute approximate surface area is 849 Å². The summed E-state index contributed by atoms with van der Waals surface area (Å²) in [5.74, 6) is -0.452. The number of ether oxygens (including phenoxy) is 7. The first-order chi connectivity index (χ1) is 68.2. The number of nitrogens with two attached hydrogens (primary N) is 3. The number of nitrogens with zero attached hydrogens (tertiary/aromatic N) is 13. The molecule has 16 heterocycles. The lowest BCUT2D eigenvalue weighted by molar-refractivity contribution is -0.221. The van der Waals surface area contributed by atoms with Crippen LogP contribution in [0.1, 0.15) is 130 Å². The molecule has 0 spiro atoms. The van der Waals surface area contributed by atoms with Crippen molar-refractivity contribution in [3.8, 4) is 0 Å². The van der Waals surface area contributed by atoms with Gasteiger partial charge in [0, 0.05) is 111 Å². The molecule has 0 aromatic carbocycles. The van der Waals surface area contributed by atoms with E-state index in [1.807, 2.05) is 0 Å². The normalized spacial score (nSPS) is 29.5. The third-order valence-electron chi connectivity index (χ3n) is 23.9. The van der Waals surface area contributed by atoms with Crippen molar-refractivity contribution in [2.24, 2.45) is 0 Å². The number of fused-ring (bicyclic) bond motifs is 2. The number of imidazole rings is 2. The van der Waals surface area contributed by atoms with Crippen LogP contribution in [0.5, 0.6) is 0 Å². The van der Waals surface area contributed by atoms with Crippen LogP contribution in [0.2, 0.25) is 0 Å². The summed E-state index contributed by atoms with van der Waals surface area (Å²) in [7, 11) is 1.04. The summed E-state index contributed by atoms with van der Waals surface area (Å²) < 4.78 is 147. The topological polar surface area (TPSA) is 789 Å². The van der Waals surface area contributed by atoms with E-state index in [-0.39, 0.29) is 87.8 Å². The average molecular weight is 2300 g/mol. The number of H-pyrrole nitrogens is 5. The highest BCUT2D eigenvalue weighted by atomic mass is 32.7. The zero-order valence-corrected chi connectivity index (χ0v) is 88.2. The summed E-state index contributed by atoms with van der Waals surface area (Å²) in [6, 6.07) is 0. The van der Waals surface area contributed by atoms with Gasteiger partial charge in [0.2, 0.25) is 5.95 Å². The first-order valence-corrected chi connectivity index (χ1v) is 61.3. The predicted octanol–water partition coefficient (Wildman–Crippen LogP) is -3.27.